The Hall–Kier alpha value is -4.96. The number of fused-ring (bicyclic) bond motifs is 8. The van der Waals surface area contributed by atoms with Crippen molar-refractivity contribution in [3.05, 3.63) is 109 Å². The van der Waals surface area contributed by atoms with Gasteiger partial charge in [-0.25, -0.2) is 0 Å². The highest BCUT2D eigenvalue weighted by Crippen LogP contribution is 2.39. The van der Waals surface area contributed by atoms with Gasteiger partial charge >= 0.3 is 0 Å². The van der Waals surface area contributed by atoms with E-state index in [4.69, 9.17) is 4.98 Å². The molecule has 3 aromatic heterocycles. The second-order valence-corrected chi connectivity index (χ2v) is 10.5. The fourth-order valence-corrected chi connectivity index (χ4v) is 6.68. The molecule has 0 aliphatic carbocycles. The number of benzene rings is 5. The lowest BCUT2D eigenvalue weighted by Crippen LogP contribution is -2.34. The summed E-state index contributed by atoms with van der Waals surface area (Å²) in [4.78, 5) is 4.79. The molecule has 3 heterocycles. The molecule has 0 aliphatic heterocycles. The molecule has 8 rings (SSSR count). The molecule has 4 nitrogen and oxygen atoms in total. The van der Waals surface area contributed by atoms with Gasteiger partial charge in [0, 0.05) is 46.7 Å². The summed E-state index contributed by atoms with van der Waals surface area (Å²) in [6, 6.07) is 35.0. The summed E-state index contributed by atoms with van der Waals surface area (Å²) in [6.45, 7) is 0. The Morgan fingerprint density at radius 2 is 1.13 bits per heavy atom. The maximum Gasteiger partial charge on any atom is 0.233 e. The Balaban J connectivity index is 1.42. The average molecular weight is 504 g/mol. The third-order valence-corrected chi connectivity index (χ3v) is 8.50. The van der Waals surface area contributed by atoms with E-state index >= 15 is 0 Å². The van der Waals surface area contributed by atoms with Crippen molar-refractivity contribution in [2.45, 2.75) is 0 Å². The van der Waals surface area contributed by atoms with Crippen molar-refractivity contribution in [3.8, 4) is 22.5 Å². The number of para-hydroxylation sites is 3. The van der Waals surface area contributed by atoms with Crippen LogP contribution in [-0.4, -0.2) is 14.1 Å². The van der Waals surface area contributed by atoms with Crippen molar-refractivity contribution in [1.82, 2.24) is 14.1 Å². The number of aromatic nitrogens is 4. The van der Waals surface area contributed by atoms with Crippen LogP contribution in [0.5, 0.6) is 0 Å². The number of nitrogens with zero attached hydrogens (tertiary/aromatic N) is 4. The molecule has 0 aliphatic rings. The normalized spacial score (nSPS) is 12.0. The summed E-state index contributed by atoms with van der Waals surface area (Å²) >= 11 is 0. The van der Waals surface area contributed by atoms with Crippen LogP contribution in [0, 0.1) is 0 Å². The second-order valence-electron chi connectivity index (χ2n) is 10.5. The minimum Gasteiger partial charge on any atom is -0.343 e. The maximum atomic E-state index is 4.79. The summed E-state index contributed by atoms with van der Waals surface area (Å²) in [7, 11) is 6.49. The zero-order valence-corrected chi connectivity index (χ0v) is 22.2. The molecule has 0 saturated carbocycles. The second kappa shape index (κ2) is 8.02. The first-order valence-electron chi connectivity index (χ1n) is 13.3. The van der Waals surface area contributed by atoms with Crippen LogP contribution in [0.4, 0.5) is 0 Å². The fraction of sp³-hybridized carbons (Fsp3) is 0.0857. The van der Waals surface area contributed by atoms with E-state index in [1.54, 1.807) is 0 Å². The first-order valence-corrected chi connectivity index (χ1v) is 13.3. The van der Waals surface area contributed by atoms with Gasteiger partial charge in [-0.1, -0.05) is 72.8 Å². The molecule has 4 heteroatoms. The molecule has 8 aromatic rings. The molecule has 5 aromatic carbocycles. The van der Waals surface area contributed by atoms with Crippen LogP contribution in [0.1, 0.15) is 0 Å². The minimum absolute atomic E-state index is 1.09. The molecule has 0 saturated heterocycles. The zero-order chi connectivity index (χ0) is 26.2. The van der Waals surface area contributed by atoms with Crippen molar-refractivity contribution in [3.63, 3.8) is 0 Å². The summed E-state index contributed by atoms with van der Waals surface area (Å²) in [5.74, 6) is 0. The van der Waals surface area contributed by atoms with Gasteiger partial charge in [0.25, 0.3) is 0 Å². The Kier molecular flexibility index (Phi) is 4.54. The molecule has 0 spiro atoms. The van der Waals surface area contributed by atoms with Gasteiger partial charge < -0.3 is 9.13 Å². The molecule has 0 unspecified atom stereocenters. The highest BCUT2D eigenvalue weighted by atomic mass is 15.0. The van der Waals surface area contributed by atoms with Crippen LogP contribution < -0.4 is 4.57 Å². The van der Waals surface area contributed by atoms with Gasteiger partial charge in [0.05, 0.1) is 34.6 Å². The minimum atomic E-state index is 1.09. The Bertz CT molecular complexity index is 2270. The largest absolute Gasteiger partial charge is 0.343 e. The zero-order valence-electron chi connectivity index (χ0n) is 22.2. The third kappa shape index (κ3) is 2.94. The smallest absolute Gasteiger partial charge is 0.233 e. The molecular formula is C35H27N4+. The number of aryl methyl sites for hydroxylation is 2. The van der Waals surface area contributed by atoms with E-state index in [9.17, 15) is 0 Å². The van der Waals surface area contributed by atoms with Crippen LogP contribution in [0.25, 0.3) is 76.9 Å². The Morgan fingerprint density at radius 3 is 1.90 bits per heavy atom. The molecule has 0 radical (unpaired) electrons. The molecule has 0 atom stereocenters. The molecule has 0 fully saturated rings. The lowest BCUT2D eigenvalue weighted by molar-refractivity contribution is -0.649. The Labute approximate surface area is 226 Å². The molecule has 0 amide bonds. The number of hydrogen-bond acceptors (Lipinski definition) is 1. The highest BCUT2D eigenvalue weighted by Gasteiger charge is 2.24. The van der Waals surface area contributed by atoms with Gasteiger partial charge in [-0.15, -0.1) is 0 Å². The lowest BCUT2D eigenvalue weighted by atomic mass is 10.0. The topological polar surface area (TPSA) is 26.6 Å². The van der Waals surface area contributed by atoms with Crippen molar-refractivity contribution < 1.29 is 4.57 Å². The van der Waals surface area contributed by atoms with Crippen molar-refractivity contribution >= 4 is 54.4 Å². The van der Waals surface area contributed by atoms with E-state index in [1.165, 1.54) is 65.5 Å². The quantitative estimate of drug-likeness (QED) is 0.222. The van der Waals surface area contributed by atoms with E-state index in [1.807, 2.05) is 12.4 Å². The number of hydrogen-bond donors (Lipinski definition) is 0. The molecular weight excluding hydrogens is 476 g/mol. The average Bonchev–Trinajstić information content (AvgIpc) is 3.45. The summed E-state index contributed by atoms with van der Waals surface area (Å²) < 4.78 is 6.94. The first-order chi connectivity index (χ1) is 19.1. The van der Waals surface area contributed by atoms with Gasteiger partial charge in [0.15, 0.2) is 0 Å². The fourth-order valence-electron chi connectivity index (χ4n) is 6.68. The van der Waals surface area contributed by atoms with Crippen LogP contribution in [0.15, 0.2) is 109 Å². The van der Waals surface area contributed by atoms with Gasteiger partial charge in [0.2, 0.25) is 11.4 Å². The highest BCUT2D eigenvalue weighted by molar-refractivity contribution is 6.22. The maximum absolute atomic E-state index is 4.79. The van der Waals surface area contributed by atoms with E-state index in [0.717, 1.165) is 11.4 Å². The predicted octanol–water partition coefficient (Wildman–Crippen LogP) is 7.68. The van der Waals surface area contributed by atoms with Crippen LogP contribution in [-0.2, 0) is 21.1 Å². The van der Waals surface area contributed by atoms with Crippen LogP contribution in [0.2, 0.25) is 0 Å². The van der Waals surface area contributed by atoms with Gasteiger partial charge in [-0.2, -0.15) is 4.57 Å². The summed E-state index contributed by atoms with van der Waals surface area (Å²) in [5.41, 5.74) is 9.45. The SMILES string of the molecule is Cn1c2ccccc2c2cccc(-c3cncc(-c4cccc5c6c7ccccc7ccc6n(C)c45)[n+]3C)c21. The predicted molar refractivity (Wildman–Crippen MR) is 162 cm³/mol. The van der Waals surface area contributed by atoms with Crippen LogP contribution in [0.3, 0.4) is 0 Å². The van der Waals surface area contributed by atoms with E-state index in [2.05, 4.69) is 132 Å². The lowest BCUT2D eigenvalue weighted by Gasteiger charge is -2.09. The van der Waals surface area contributed by atoms with Crippen molar-refractivity contribution in [1.29, 1.82) is 0 Å². The number of rotatable bonds is 2. The molecule has 39 heavy (non-hydrogen) atoms. The molecule has 186 valence electrons. The van der Waals surface area contributed by atoms with Crippen molar-refractivity contribution in [2.24, 2.45) is 21.1 Å². The molecule has 0 N–H and O–H groups in total. The van der Waals surface area contributed by atoms with Crippen LogP contribution >= 0.6 is 0 Å². The monoisotopic (exact) mass is 503 g/mol. The first kappa shape index (κ1) is 22.1. The summed E-state index contributed by atoms with van der Waals surface area (Å²) in [5, 5.41) is 7.66. The van der Waals surface area contributed by atoms with E-state index in [-0.39, 0.29) is 0 Å². The van der Waals surface area contributed by atoms with E-state index in [0.29, 0.717) is 0 Å². The standard InChI is InChI=1S/C35H27N4/c1-37-31(26-14-8-13-25-24-12-6-7-17-29(24)38(2)34(25)26)20-36-21-32(37)27-15-9-16-28-33-23-11-5-4-10-22(23)18-19-30(33)39(3)35(27)28/h4-21H,1-3H3/q+1. The van der Waals surface area contributed by atoms with Gasteiger partial charge in [-0.05, 0) is 35.0 Å². The third-order valence-electron chi connectivity index (χ3n) is 8.50. The van der Waals surface area contributed by atoms with Gasteiger partial charge in [-0.3, -0.25) is 4.98 Å². The Morgan fingerprint density at radius 1 is 0.538 bits per heavy atom. The van der Waals surface area contributed by atoms with E-state index < -0.39 is 0 Å². The molecule has 0 bridgehead atoms. The summed E-state index contributed by atoms with van der Waals surface area (Å²) in [6.07, 6.45) is 3.99. The van der Waals surface area contributed by atoms with Crippen molar-refractivity contribution in [2.75, 3.05) is 0 Å². The van der Waals surface area contributed by atoms with Gasteiger partial charge in [0.1, 0.15) is 7.05 Å².